The first-order chi connectivity index (χ1) is 12.9. The zero-order valence-electron chi connectivity index (χ0n) is 18.1. The summed E-state index contributed by atoms with van der Waals surface area (Å²) < 4.78 is 4.68. The van der Waals surface area contributed by atoms with E-state index in [1.807, 2.05) is 0 Å². The minimum atomic E-state index is -0.111. The molecule has 0 saturated heterocycles. The number of unbranched alkanes of at least 4 members (excludes halogenated alkanes) is 1. The highest BCUT2D eigenvalue weighted by Gasteiger charge is 2.40. The molecular weight excluding hydrogens is 336 g/mol. The first kappa shape index (κ1) is 22.5. The lowest BCUT2D eigenvalue weighted by Crippen LogP contribution is -2.38. The van der Waals surface area contributed by atoms with Crippen LogP contribution in [0.2, 0.25) is 0 Å². The average molecular weight is 379 g/mol. The number of rotatable bonds is 11. The summed E-state index contributed by atoms with van der Waals surface area (Å²) in [5.41, 5.74) is 0.209. The smallest absolute Gasteiger partial charge is 0.305 e. The largest absolute Gasteiger partial charge is 0.469 e. The van der Waals surface area contributed by atoms with E-state index in [2.05, 4.69) is 37.7 Å². The van der Waals surface area contributed by atoms with Crippen LogP contribution >= 0.6 is 0 Å². The highest BCUT2D eigenvalue weighted by atomic mass is 16.5. The highest BCUT2D eigenvalue weighted by molar-refractivity contribution is 5.69. The van der Waals surface area contributed by atoms with Gasteiger partial charge in [-0.1, -0.05) is 45.8 Å². The van der Waals surface area contributed by atoms with E-state index in [9.17, 15) is 9.90 Å². The first-order valence-corrected chi connectivity index (χ1v) is 11.3. The Morgan fingerprint density at radius 2 is 1.89 bits per heavy atom. The van der Waals surface area contributed by atoms with Gasteiger partial charge in [0.2, 0.25) is 0 Å². The molecule has 27 heavy (non-hydrogen) atoms. The van der Waals surface area contributed by atoms with E-state index in [4.69, 9.17) is 0 Å². The van der Waals surface area contributed by atoms with Gasteiger partial charge in [0.15, 0.2) is 0 Å². The van der Waals surface area contributed by atoms with Gasteiger partial charge in [-0.2, -0.15) is 0 Å². The molecule has 0 aliphatic heterocycles. The molecule has 2 fully saturated rings. The average Bonchev–Trinajstić information content (AvgIpc) is 2.88. The van der Waals surface area contributed by atoms with E-state index in [0.29, 0.717) is 6.42 Å². The third-order valence-corrected chi connectivity index (χ3v) is 7.62. The van der Waals surface area contributed by atoms with Gasteiger partial charge in [-0.05, 0) is 80.5 Å². The maximum Gasteiger partial charge on any atom is 0.305 e. The molecule has 2 unspecified atom stereocenters. The molecule has 0 aromatic carbocycles. The molecule has 0 radical (unpaired) electrons. The zero-order chi connectivity index (χ0) is 19.9. The Kier molecular flexibility index (Phi) is 8.85. The van der Waals surface area contributed by atoms with Crippen LogP contribution in [0.25, 0.3) is 0 Å². The topological polar surface area (TPSA) is 46.5 Å². The molecule has 3 heteroatoms. The van der Waals surface area contributed by atoms with Gasteiger partial charge in [-0.25, -0.2) is 0 Å². The van der Waals surface area contributed by atoms with Crippen LogP contribution in [0.3, 0.4) is 0 Å². The predicted octanol–water partition coefficient (Wildman–Crippen LogP) is 5.91. The number of hydrogen-bond acceptors (Lipinski definition) is 3. The standard InChI is InChI=1S/C24H42O3/c1-18-17-19(2)21(12-9-13-22(25)24(3)15-10-16-24)20(18)11-7-5-6-8-14-23(26)27-4/h5,7,18-22,25H,6,8-17H2,1-4H3/b7-5-/t18?,19-,20+,21+,22?/m1/s1. The molecule has 0 amide bonds. The van der Waals surface area contributed by atoms with Crippen molar-refractivity contribution in [2.75, 3.05) is 7.11 Å². The molecule has 5 atom stereocenters. The molecule has 2 rings (SSSR count). The quantitative estimate of drug-likeness (QED) is 0.276. The molecule has 0 bridgehead atoms. The lowest BCUT2D eigenvalue weighted by molar-refractivity contribution is -0.140. The van der Waals surface area contributed by atoms with Crippen molar-refractivity contribution in [2.24, 2.45) is 29.1 Å². The minimum absolute atomic E-state index is 0.103. The normalized spacial score (nSPS) is 31.0. The Hall–Kier alpha value is -0.830. The van der Waals surface area contributed by atoms with Crippen molar-refractivity contribution in [3.05, 3.63) is 12.2 Å². The van der Waals surface area contributed by atoms with Crippen molar-refractivity contribution in [3.8, 4) is 0 Å². The van der Waals surface area contributed by atoms with E-state index in [1.165, 1.54) is 39.2 Å². The highest BCUT2D eigenvalue weighted by Crippen LogP contribution is 2.47. The number of ether oxygens (including phenoxy) is 1. The molecule has 2 aliphatic rings. The predicted molar refractivity (Wildman–Crippen MR) is 111 cm³/mol. The van der Waals surface area contributed by atoms with Gasteiger partial charge in [-0.3, -0.25) is 4.79 Å². The van der Waals surface area contributed by atoms with Crippen LogP contribution in [0.5, 0.6) is 0 Å². The molecule has 0 aromatic rings. The van der Waals surface area contributed by atoms with Crippen molar-refractivity contribution < 1.29 is 14.6 Å². The number of aliphatic hydroxyl groups excluding tert-OH is 1. The lowest BCUT2D eigenvalue weighted by atomic mass is 9.65. The SMILES string of the molecule is COC(=O)CCC/C=C\C[C@H]1C(C)C[C@@H](C)[C@@H]1CCCC(O)C1(C)CCC1. The number of methoxy groups -OCH3 is 1. The van der Waals surface area contributed by atoms with Gasteiger partial charge in [0.1, 0.15) is 0 Å². The summed E-state index contributed by atoms with van der Waals surface area (Å²) in [6, 6.07) is 0. The number of carbonyl (C=O) groups is 1. The van der Waals surface area contributed by atoms with Gasteiger partial charge in [-0.15, -0.1) is 0 Å². The van der Waals surface area contributed by atoms with Gasteiger partial charge in [0.05, 0.1) is 13.2 Å². The maximum atomic E-state index is 11.1. The van der Waals surface area contributed by atoms with Gasteiger partial charge < -0.3 is 9.84 Å². The summed E-state index contributed by atoms with van der Waals surface area (Å²) in [5, 5.41) is 10.5. The van der Waals surface area contributed by atoms with Crippen LogP contribution in [0.15, 0.2) is 12.2 Å². The molecule has 2 aliphatic carbocycles. The van der Waals surface area contributed by atoms with Crippen molar-refractivity contribution in [1.82, 2.24) is 0 Å². The minimum Gasteiger partial charge on any atom is -0.469 e. The second kappa shape index (κ2) is 10.6. The molecule has 156 valence electrons. The molecule has 2 saturated carbocycles. The van der Waals surface area contributed by atoms with E-state index in [1.54, 1.807) is 0 Å². The molecule has 0 heterocycles. The van der Waals surface area contributed by atoms with Gasteiger partial charge in [0, 0.05) is 6.42 Å². The third kappa shape index (κ3) is 6.34. The number of aliphatic hydroxyl groups is 1. The summed E-state index contributed by atoms with van der Waals surface area (Å²) in [6.45, 7) is 7.09. The summed E-state index contributed by atoms with van der Waals surface area (Å²) >= 11 is 0. The Morgan fingerprint density at radius 1 is 1.19 bits per heavy atom. The van der Waals surface area contributed by atoms with Crippen LogP contribution in [0.1, 0.15) is 91.4 Å². The van der Waals surface area contributed by atoms with Crippen LogP contribution in [0.4, 0.5) is 0 Å². The Balaban J connectivity index is 1.72. The van der Waals surface area contributed by atoms with E-state index < -0.39 is 0 Å². The maximum absolute atomic E-state index is 11.1. The van der Waals surface area contributed by atoms with Crippen LogP contribution in [-0.4, -0.2) is 24.3 Å². The van der Waals surface area contributed by atoms with Crippen LogP contribution < -0.4 is 0 Å². The molecule has 0 aromatic heterocycles. The number of carbonyl (C=O) groups excluding carboxylic acids is 1. The fourth-order valence-corrected chi connectivity index (χ4v) is 5.49. The Morgan fingerprint density at radius 3 is 2.52 bits per heavy atom. The molecule has 0 spiro atoms. The van der Waals surface area contributed by atoms with Crippen molar-refractivity contribution in [2.45, 2.75) is 97.5 Å². The van der Waals surface area contributed by atoms with Crippen LogP contribution in [-0.2, 0) is 9.53 Å². The van der Waals surface area contributed by atoms with E-state index in [0.717, 1.165) is 55.8 Å². The second-order valence-electron chi connectivity index (χ2n) is 9.65. The summed E-state index contributed by atoms with van der Waals surface area (Å²) in [6.07, 6.45) is 16.4. The van der Waals surface area contributed by atoms with Crippen LogP contribution in [0, 0.1) is 29.1 Å². The number of hydrogen-bond donors (Lipinski definition) is 1. The van der Waals surface area contributed by atoms with Gasteiger partial charge in [0.25, 0.3) is 0 Å². The third-order valence-electron chi connectivity index (χ3n) is 7.62. The van der Waals surface area contributed by atoms with Gasteiger partial charge >= 0.3 is 5.97 Å². The Bertz CT molecular complexity index is 480. The van der Waals surface area contributed by atoms with Crippen molar-refractivity contribution >= 4 is 5.97 Å². The number of allylic oxidation sites excluding steroid dienone is 2. The summed E-state index contributed by atoms with van der Waals surface area (Å²) in [5.74, 6) is 3.04. The monoisotopic (exact) mass is 378 g/mol. The first-order valence-electron chi connectivity index (χ1n) is 11.3. The van der Waals surface area contributed by atoms with E-state index in [-0.39, 0.29) is 17.5 Å². The van der Waals surface area contributed by atoms with Crippen molar-refractivity contribution in [3.63, 3.8) is 0 Å². The fourth-order valence-electron chi connectivity index (χ4n) is 5.49. The molecule has 1 N–H and O–H groups in total. The van der Waals surface area contributed by atoms with Crippen molar-refractivity contribution in [1.29, 1.82) is 0 Å². The summed E-state index contributed by atoms with van der Waals surface area (Å²) in [4.78, 5) is 11.1. The summed E-state index contributed by atoms with van der Waals surface area (Å²) in [7, 11) is 1.45. The molecule has 3 nitrogen and oxygen atoms in total. The fraction of sp³-hybridized carbons (Fsp3) is 0.875. The lowest BCUT2D eigenvalue weighted by Gasteiger charge is -2.42. The Labute approximate surface area is 167 Å². The zero-order valence-corrected chi connectivity index (χ0v) is 18.1. The number of esters is 1. The van der Waals surface area contributed by atoms with E-state index >= 15 is 0 Å². The molecular formula is C24H42O3. The second-order valence-corrected chi connectivity index (χ2v) is 9.65.